The third kappa shape index (κ3) is 4.07. The molecule has 23 heavy (non-hydrogen) atoms. The SMILES string of the molecule is Cc1ccc(/C=C/C(=O)NCCc2nc3ccccc3[nH]2)cc1. The summed E-state index contributed by atoms with van der Waals surface area (Å²) in [7, 11) is 0. The van der Waals surface area contributed by atoms with Gasteiger partial charge in [-0.3, -0.25) is 4.79 Å². The third-order valence-corrected chi connectivity index (χ3v) is 3.60. The van der Waals surface area contributed by atoms with Crippen molar-refractivity contribution in [1.29, 1.82) is 0 Å². The average Bonchev–Trinajstić information content (AvgIpc) is 2.97. The number of aryl methyl sites for hydroxylation is 1. The van der Waals surface area contributed by atoms with Crippen molar-refractivity contribution in [2.24, 2.45) is 0 Å². The van der Waals surface area contributed by atoms with Gasteiger partial charge in [-0.25, -0.2) is 4.98 Å². The number of benzene rings is 2. The fourth-order valence-corrected chi connectivity index (χ4v) is 2.34. The quantitative estimate of drug-likeness (QED) is 0.711. The molecule has 0 saturated heterocycles. The van der Waals surface area contributed by atoms with Gasteiger partial charge in [0, 0.05) is 19.0 Å². The molecule has 0 atom stereocenters. The van der Waals surface area contributed by atoms with Gasteiger partial charge in [-0.15, -0.1) is 0 Å². The molecule has 0 radical (unpaired) electrons. The summed E-state index contributed by atoms with van der Waals surface area (Å²) >= 11 is 0. The van der Waals surface area contributed by atoms with Gasteiger partial charge in [0.2, 0.25) is 5.91 Å². The zero-order valence-electron chi connectivity index (χ0n) is 13.0. The van der Waals surface area contributed by atoms with E-state index < -0.39 is 0 Å². The van der Waals surface area contributed by atoms with E-state index in [0.29, 0.717) is 13.0 Å². The van der Waals surface area contributed by atoms with Gasteiger partial charge in [0.25, 0.3) is 0 Å². The molecule has 0 bridgehead atoms. The Bertz CT molecular complexity index is 798. The lowest BCUT2D eigenvalue weighted by Crippen LogP contribution is -2.23. The Balaban J connectivity index is 1.49. The number of imidazole rings is 1. The first kappa shape index (κ1) is 15.0. The van der Waals surface area contributed by atoms with Crippen LogP contribution in [0.4, 0.5) is 0 Å². The van der Waals surface area contributed by atoms with Crippen molar-refractivity contribution in [1.82, 2.24) is 15.3 Å². The lowest BCUT2D eigenvalue weighted by atomic mass is 10.1. The van der Waals surface area contributed by atoms with Gasteiger partial charge < -0.3 is 10.3 Å². The molecule has 116 valence electrons. The molecule has 4 nitrogen and oxygen atoms in total. The summed E-state index contributed by atoms with van der Waals surface area (Å²) in [6.45, 7) is 2.59. The van der Waals surface area contributed by atoms with E-state index in [1.54, 1.807) is 6.08 Å². The summed E-state index contributed by atoms with van der Waals surface area (Å²) in [5, 5.41) is 2.87. The molecule has 1 heterocycles. The highest BCUT2D eigenvalue weighted by molar-refractivity contribution is 5.91. The summed E-state index contributed by atoms with van der Waals surface area (Å²) in [4.78, 5) is 19.6. The van der Waals surface area contributed by atoms with Crippen LogP contribution in [0.3, 0.4) is 0 Å². The van der Waals surface area contributed by atoms with E-state index in [4.69, 9.17) is 0 Å². The van der Waals surface area contributed by atoms with E-state index in [0.717, 1.165) is 22.4 Å². The summed E-state index contributed by atoms with van der Waals surface area (Å²) in [6, 6.07) is 15.9. The number of amides is 1. The minimum atomic E-state index is -0.0957. The largest absolute Gasteiger partial charge is 0.352 e. The standard InChI is InChI=1S/C19H19N3O/c1-14-6-8-15(9-7-14)10-11-19(23)20-13-12-18-21-16-4-2-3-5-17(16)22-18/h2-11H,12-13H2,1H3,(H,20,23)(H,21,22)/b11-10+. The molecule has 0 spiro atoms. The number of carbonyl (C=O) groups excluding carboxylic acids is 1. The second kappa shape index (κ2) is 6.92. The maximum Gasteiger partial charge on any atom is 0.244 e. The molecule has 4 heteroatoms. The van der Waals surface area contributed by atoms with Crippen LogP contribution in [0.25, 0.3) is 17.1 Å². The van der Waals surface area contributed by atoms with E-state index in [1.807, 2.05) is 61.5 Å². The second-order valence-corrected chi connectivity index (χ2v) is 5.49. The predicted octanol–water partition coefficient (Wildman–Crippen LogP) is 3.24. The van der Waals surface area contributed by atoms with Crippen LogP contribution in [0.5, 0.6) is 0 Å². The van der Waals surface area contributed by atoms with Gasteiger partial charge in [0.15, 0.2) is 0 Å². The van der Waals surface area contributed by atoms with Crippen LogP contribution in [0, 0.1) is 6.92 Å². The Labute approximate surface area is 135 Å². The van der Waals surface area contributed by atoms with E-state index in [-0.39, 0.29) is 5.91 Å². The molecule has 0 saturated carbocycles. The predicted molar refractivity (Wildman–Crippen MR) is 93.0 cm³/mol. The van der Waals surface area contributed by atoms with Crippen molar-refractivity contribution in [2.75, 3.05) is 6.54 Å². The Hall–Kier alpha value is -2.88. The van der Waals surface area contributed by atoms with Crippen molar-refractivity contribution in [3.05, 3.63) is 71.6 Å². The zero-order valence-corrected chi connectivity index (χ0v) is 13.0. The van der Waals surface area contributed by atoms with Crippen molar-refractivity contribution in [3.8, 4) is 0 Å². The number of hydrogen-bond donors (Lipinski definition) is 2. The van der Waals surface area contributed by atoms with Crippen LogP contribution in [0.1, 0.15) is 17.0 Å². The first-order chi connectivity index (χ1) is 11.2. The fraction of sp³-hybridized carbons (Fsp3) is 0.158. The summed E-state index contributed by atoms with van der Waals surface area (Å²) < 4.78 is 0. The minimum Gasteiger partial charge on any atom is -0.352 e. The molecule has 0 fully saturated rings. The number of nitrogens with zero attached hydrogens (tertiary/aromatic N) is 1. The average molecular weight is 305 g/mol. The Kier molecular flexibility index (Phi) is 4.52. The molecule has 0 aliphatic heterocycles. The summed E-state index contributed by atoms with van der Waals surface area (Å²) in [6.07, 6.45) is 4.05. The van der Waals surface area contributed by atoms with Crippen LogP contribution in [-0.4, -0.2) is 22.4 Å². The molecular formula is C19H19N3O. The van der Waals surface area contributed by atoms with E-state index in [9.17, 15) is 4.79 Å². The molecule has 2 aromatic carbocycles. The lowest BCUT2D eigenvalue weighted by Gasteiger charge is -2.00. The van der Waals surface area contributed by atoms with E-state index >= 15 is 0 Å². The molecule has 1 amide bonds. The maximum absolute atomic E-state index is 11.8. The number of aromatic amines is 1. The van der Waals surface area contributed by atoms with Gasteiger partial charge in [0.05, 0.1) is 11.0 Å². The highest BCUT2D eigenvalue weighted by Gasteiger charge is 2.02. The Morgan fingerprint density at radius 1 is 1.17 bits per heavy atom. The molecule has 3 aromatic rings. The van der Waals surface area contributed by atoms with E-state index in [2.05, 4.69) is 15.3 Å². The lowest BCUT2D eigenvalue weighted by molar-refractivity contribution is -0.116. The topological polar surface area (TPSA) is 57.8 Å². The number of carbonyl (C=O) groups is 1. The first-order valence-corrected chi connectivity index (χ1v) is 7.67. The minimum absolute atomic E-state index is 0.0957. The summed E-state index contributed by atoms with van der Waals surface area (Å²) in [5.74, 6) is 0.788. The molecule has 0 aliphatic rings. The van der Waals surface area contributed by atoms with Crippen LogP contribution in [0.2, 0.25) is 0 Å². The Morgan fingerprint density at radius 2 is 1.96 bits per heavy atom. The van der Waals surface area contributed by atoms with Crippen LogP contribution < -0.4 is 5.32 Å². The number of nitrogens with one attached hydrogen (secondary N) is 2. The highest BCUT2D eigenvalue weighted by atomic mass is 16.1. The normalized spacial score (nSPS) is 11.2. The first-order valence-electron chi connectivity index (χ1n) is 7.67. The highest BCUT2D eigenvalue weighted by Crippen LogP contribution is 2.10. The summed E-state index contributed by atoms with van der Waals surface area (Å²) in [5.41, 5.74) is 4.20. The number of aromatic nitrogens is 2. The van der Waals surface area contributed by atoms with Crippen molar-refractivity contribution < 1.29 is 4.79 Å². The van der Waals surface area contributed by atoms with Gasteiger partial charge in [-0.2, -0.15) is 0 Å². The van der Waals surface area contributed by atoms with Crippen LogP contribution in [-0.2, 0) is 11.2 Å². The third-order valence-electron chi connectivity index (χ3n) is 3.60. The molecule has 0 aliphatic carbocycles. The molecule has 3 rings (SSSR count). The molecular weight excluding hydrogens is 286 g/mol. The van der Waals surface area contributed by atoms with Gasteiger partial charge in [0.1, 0.15) is 5.82 Å². The zero-order chi connectivity index (χ0) is 16.1. The maximum atomic E-state index is 11.8. The van der Waals surface area contributed by atoms with Crippen LogP contribution in [0.15, 0.2) is 54.6 Å². The fourth-order valence-electron chi connectivity index (χ4n) is 2.34. The molecule has 1 aromatic heterocycles. The van der Waals surface area contributed by atoms with Crippen molar-refractivity contribution in [3.63, 3.8) is 0 Å². The molecule has 0 unspecified atom stereocenters. The monoisotopic (exact) mass is 305 g/mol. The number of para-hydroxylation sites is 2. The number of H-pyrrole nitrogens is 1. The Morgan fingerprint density at radius 3 is 2.74 bits per heavy atom. The van der Waals surface area contributed by atoms with Crippen molar-refractivity contribution >= 4 is 23.0 Å². The van der Waals surface area contributed by atoms with Gasteiger partial charge >= 0.3 is 0 Å². The van der Waals surface area contributed by atoms with Crippen molar-refractivity contribution in [2.45, 2.75) is 13.3 Å². The van der Waals surface area contributed by atoms with Gasteiger partial charge in [-0.05, 0) is 30.7 Å². The van der Waals surface area contributed by atoms with Gasteiger partial charge in [-0.1, -0.05) is 42.0 Å². The van der Waals surface area contributed by atoms with E-state index in [1.165, 1.54) is 5.56 Å². The number of rotatable bonds is 5. The molecule has 2 N–H and O–H groups in total. The smallest absolute Gasteiger partial charge is 0.244 e. The second-order valence-electron chi connectivity index (χ2n) is 5.49. The van der Waals surface area contributed by atoms with Crippen LogP contribution >= 0.6 is 0 Å². The number of hydrogen-bond acceptors (Lipinski definition) is 2. The number of fused-ring (bicyclic) bond motifs is 1.